The van der Waals surface area contributed by atoms with E-state index in [-0.39, 0.29) is 6.10 Å². The standard InChI is InChI=1S/C22H22O5/c1-13(2)25-22(24)15(4)26-19-11-10-17-18(16-8-6-5-7-9-16)12-20(23)27-21(17)14(19)3/h5-13,15H,1-4H3/t15-/m0/s1. The van der Waals surface area contributed by atoms with Crippen LogP contribution in [0.2, 0.25) is 0 Å². The Morgan fingerprint density at radius 1 is 1.04 bits per heavy atom. The molecule has 0 N–H and O–H groups in total. The zero-order chi connectivity index (χ0) is 19.6. The van der Waals surface area contributed by atoms with Crippen LogP contribution in [0, 0.1) is 6.92 Å². The van der Waals surface area contributed by atoms with E-state index in [1.54, 1.807) is 33.8 Å². The Hall–Kier alpha value is -3.08. The Labute approximate surface area is 157 Å². The summed E-state index contributed by atoms with van der Waals surface area (Å²) in [5, 5.41) is 0.808. The Kier molecular flexibility index (Phi) is 5.31. The minimum absolute atomic E-state index is 0.215. The lowest BCUT2D eigenvalue weighted by atomic mass is 10.00. The normalized spacial score (nSPS) is 12.2. The summed E-state index contributed by atoms with van der Waals surface area (Å²) in [5.74, 6) is 0.0352. The van der Waals surface area contributed by atoms with E-state index in [0.717, 1.165) is 16.5 Å². The molecule has 0 amide bonds. The van der Waals surface area contributed by atoms with E-state index in [4.69, 9.17) is 13.9 Å². The fraction of sp³-hybridized carbons (Fsp3) is 0.273. The number of benzene rings is 2. The van der Waals surface area contributed by atoms with Gasteiger partial charge in [0.15, 0.2) is 6.10 Å². The molecule has 1 aromatic heterocycles. The molecular weight excluding hydrogens is 344 g/mol. The molecule has 3 aromatic rings. The highest BCUT2D eigenvalue weighted by atomic mass is 16.6. The van der Waals surface area contributed by atoms with Gasteiger partial charge in [0.1, 0.15) is 11.3 Å². The average molecular weight is 366 g/mol. The van der Waals surface area contributed by atoms with E-state index >= 15 is 0 Å². The maximum absolute atomic E-state index is 12.1. The summed E-state index contributed by atoms with van der Waals surface area (Å²) >= 11 is 0. The highest BCUT2D eigenvalue weighted by Crippen LogP contribution is 2.33. The van der Waals surface area contributed by atoms with Crippen LogP contribution in [-0.2, 0) is 9.53 Å². The molecule has 5 heteroatoms. The number of hydrogen-bond donors (Lipinski definition) is 0. The Morgan fingerprint density at radius 2 is 1.74 bits per heavy atom. The summed E-state index contributed by atoms with van der Waals surface area (Å²) in [6, 6.07) is 14.7. The van der Waals surface area contributed by atoms with Crippen LogP contribution in [-0.4, -0.2) is 18.2 Å². The molecule has 0 fully saturated rings. The van der Waals surface area contributed by atoms with E-state index in [1.807, 2.05) is 36.4 Å². The first-order chi connectivity index (χ1) is 12.9. The van der Waals surface area contributed by atoms with Gasteiger partial charge in [-0.15, -0.1) is 0 Å². The van der Waals surface area contributed by atoms with Crippen molar-refractivity contribution >= 4 is 16.9 Å². The van der Waals surface area contributed by atoms with Crippen LogP contribution >= 0.6 is 0 Å². The van der Waals surface area contributed by atoms with Crippen LogP contribution in [0.3, 0.4) is 0 Å². The van der Waals surface area contributed by atoms with Gasteiger partial charge in [-0.3, -0.25) is 0 Å². The summed E-state index contributed by atoms with van der Waals surface area (Å²) in [7, 11) is 0. The van der Waals surface area contributed by atoms with E-state index in [9.17, 15) is 9.59 Å². The molecule has 3 rings (SSSR count). The van der Waals surface area contributed by atoms with Crippen LogP contribution in [0.4, 0.5) is 0 Å². The van der Waals surface area contributed by atoms with E-state index in [0.29, 0.717) is 16.9 Å². The largest absolute Gasteiger partial charge is 0.479 e. The SMILES string of the molecule is Cc1c(O[C@@H](C)C(=O)OC(C)C)ccc2c(-c3ccccc3)cc(=O)oc12. The molecule has 0 unspecified atom stereocenters. The maximum Gasteiger partial charge on any atom is 0.347 e. The van der Waals surface area contributed by atoms with Gasteiger partial charge in [0.05, 0.1) is 6.10 Å². The number of ether oxygens (including phenoxy) is 2. The predicted octanol–water partition coefficient (Wildman–Crippen LogP) is 4.49. The first kappa shape index (κ1) is 18.7. The summed E-state index contributed by atoms with van der Waals surface area (Å²) in [6.45, 7) is 7.00. The van der Waals surface area contributed by atoms with Gasteiger partial charge in [0, 0.05) is 17.0 Å². The molecule has 0 aliphatic heterocycles. The topological polar surface area (TPSA) is 65.7 Å². The fourth-order valence-electron chi connectivity index (χ4n) is 2.89. The van der Waals surface area contributed by atoms with Crippen LogP contribution in [0.5, 0.6) is 5.75 Å². The highest BCUT2D eigenvalue weighted by molar-refractivity contribution is 5.95. The second-order valence-electron chi connectivity index (χ2n) is 6.66. The quantitative estimate of drug-likeness (QED) is 0.492. The number of esters is 1. The molecule has 0 saturated heterocycles. The van der Waals surface area contributed by atoms with Crippen LogP contribution in [0.15, 0.2) is 57.7 Å². The van der Waals surface area contributed by atoms with Crippen LogP contribution in [0.25, 0.3) is 22.1 Å². The Bertz CT molecular complexity index is 1020. The molecule has 2 aromatic carbocycles. The zero-order valence-electron chi connectivity index (χ0n) is 15.8. The number of aryl methyl sites for hydroxylation is 1. The summed E-state index contributed by atoms with van der Waals surface area (Å²) in [6.07, 6.45) is -0.986. The molecule has 1 heterocycles. The highest BCUT2D eigenvalue weighted by Gasteiger charge is 2.20. The van der Waals surface area contributed by atoms with Gasteiger partial charge in [0.25, 0.3) is 0 Å². The van der Waals surface area contributed by atoms with Gasteiger partial charge in [-0.1, -0.05) is 30.3 Å². The summed E-state index contributed by atoms with van der Waals surface area (Å²) in [4.78, 5) is 24.1. The third-order valence-electron chi connectivity index (χ3n) is 4.18. The predicted molar refractivity (Wildman–Crippen MR) is 104 cm³/mol. The fourth-order valence-corrected chi connectivity index (χ4v) is 2.89. The number of rotatable bonds is 5. The van der Waals surface area contributed by atoms with Crippen LogP contribution < -0.4 is 10.4 Å². The third-order valence-corrected chi connectivity index (χ3v) is 4.18. The molecule has 0 saturated carbocycles. The molecule has 140 valence electrons. The van der Waals surface area contributed by atoms with Gasteiger partial charge >= 0.3 is 11.6 Å². The first-order valence-electron chi connectivity index (χ1n) is 8.87. The molecule has 0 radical (unpaired) electrons. The van der Waals surface area contributed by atoms with Crippen molar-refractivity contribution in [2.75, 3.05) is 0 Å². The molecule has 0 aliphatic carbocycles. The van der Waals surface area contributed by atoms with Crippen molar-refractivity contribution in [3.05, 3.63) is 64.5 Å². The lowest BCUT2D eigenvalue weighted by molar-refractivity contribution is -0.154. The molecule has 0 bridgehead atoms. The van der Waals surface area contributed by atoms with Crippen molar-refractivity contribution in [3.63, 3.8) is 0 Å². The molecule has 0 aliphatic rings. The van der Waals surface area contributed by atoms with Crippen molar-refractivity contribution in [1.82, 2.24) is 0 Å². The third kappa shape index (κ3) is 4.03. The molecule has 0 spiro atoms. The minimum Gasteiger partial charge on any atom is -0.479 e. The monoisotopic (exact) mass is 366 g/mol. The second kappa shape index (κ2) is 7.66. The van der Waals surface area contributed by atoms with Gasteiger partial charge in [-0.05, 0) is 51.0 Å². The van der Waals surface area contributed by atoms with Crippen LogP contribution in [0.1, 0.15) is 26.3 Å². The maximum atomic E-state index is 12.1. The number of carbonyl (C=O) groups is 1. The van der Waals surface area contributed by atoms with Gasteiger partial charge < -0.3 is 13.9 Å². The van der Waals surface area contributed by atoms with Gasteiger partial charge in [0.2, 0.25) is 0 Å². The molecular formula is C22H22O5. The van der Waals surface area contributed by atoms with Gasteiger partial charge in [-0.25, -0.2) is 9.59 Å². The number of hydrogen-bond acceptors (Lipinski definition) is 5. The molecule has 27 heavy (non-hydrogen) atoms. The van der Waals surface area contributed by atoms with Crippen molar-refractivity contribution in [1.29, 1.82) is 0 Å². The number of fused-ring (bicyclic) bond motifs is 1. The minimum atomic E-state index is -0.771. The lowest BCUT2D eigenvalue weighted by Crippen LogP contribution is -2.28. The van der Waals surface area contributed by atoms with Crippen molar-refractivity contribution in [2.24, 2.45) is 0 Å². The Morgan fingerprint density at radius 3 is 2.41 bits per heavy atom. The van der Waals surface area contributed by atoms with E-state index in [1.165, 1.54) is 6.07 Å². The zero-order valence-corrected chi connectivity index (χ0v) is 15.8. The lowest BCUT2D eigenvalue weighted by Gasteiger charge is -2.18. The van der Waals surface area contributed by atoms with Gasteiger partial charge in [-0.2, -0.15) is 0 Å². The van der Waals surface area contributed by atoms with Crippen molar-refractivity contribution < 1.29 is 18.7 Å². The molecule has 1 atom stereocenters. The molecule has 5 nitrogen and oxygen atoms in total. The van der Waals surface area contributed by atoms with Crippen molar-refractivity contribution in [2.45, 2.75) is 39.9 Å². The first-order valence-corrected chi connectivity index (χ1v) is 8.87. The average Bonchev–Trinajstić information content (AvgIpc) is 2.64. The Balaban J connectivity index is 2.03. The summed E-state index contributed by atoms with van der Waals surface area (Å²) in [5.41, 5.74) is 2.39. The van der Waals surface area contributed by atoms with E-state index in [2.05, 4.69) is 0 Å². The second-order valence-corrected chi connectivity index (χ2v) is 6.66. The smallest absolute Gasteiger partial charge is 0.347 e. The number of carbonyl (C=O) groups excluding carboxylic acids is 1. The van der Waals surface area contributed by atoms with Crippen molar-refractivity contribution in [3.8, 4) is 16.9 Å². The summed E-state index contributed by atoms with van der Waals surface area (Å²) < 4.78 is 16.4. The van der Waals surface area contributed by atoms with E-state index < -0.39 is 17.7 Å².